The molecule has 0 saturated heterocycles. The first-order valence-electron chi connectivity index (χ1n) is 8.63. The molecule has 3 rings (SSSR count). The fraction of sp³-hybridized carbons (Fsp3) is 0.200. The summed E-state index contributed by atoms with van der Waals surface area (Å²) in [5, 5.41) is 2.90. The van der Waals surface area contributed by atoms with Crippen LogP contribution in [-0.2, 0) is 10.0 Å². The lowest BCUT2D eigenvalue weighted by atomic mass is 10.1. The van der Waals surface area contributed by atoms with Gasteiger partial charge < -0.3 is 10.1 Å². The van der Waals surface area contributed by atoms with Crippen molar-refractivity contribution in [3.8, 4) is 5.75 Å². The van der Waals surface area contributed by atoms with Crippen molar-refractivity contribution in [2.24, 2.45) is 0 Å². The van der Waals surface area contributed by atoms with Crippen molar-refractivity contribution in [3.05, 3.63) is 58.7 Å². The Labute approximate surface area is 176 Å². The van der Waals surface area contributed by atoms with Crippen LogP contribution >= 0.6 is 15.9 Å². The lowest BCUT2D eigenvalue weighted by Crippen LogP contribution is -2.42. The summed E-state index contributed by atoms with van der Waals surface area (Å²) in [6.45, 7) is 5.40. The monoisotopic (exact) mass is 478 g/mol. The molecule has 0 aliphatic rings. The van der Waals surface area contributed by atoms with Crippen molar-refractivity contribution in [2.45, 2.75) is 31.2 Å². The lowest BCUT2D eigenvalue weighted by Gasteiger charge is -2.20. The number of hydrogen-bond donors (Lipinski definition) is 1. The highest BCUT2D eigenvalue weighted by Gasteiger charge is 2.24. The highest BCUT2D eigenvalue weighted by Crippen LogP contribution is 2.33. The van der Waals surface area contributed by atoms with E-state index in [1.807, 2.05) is 0 Å². The number of rotatable bonds is 4. The summed E-state index contributed by atoms with van der Waals surface area (Å²) >= 11 is 3.26. The molecular formula is C20H19BrN2O5S. The van der Waals surface area contributed by atoms with E-state index in [1.165, 1.54) is 24.4 Å². The number of halogens is 1. The summed E-state index contributed by atoms with van der Waals surface area (Å²) in [6, 6.07) is 10.9. The predicted molar refractivity (Wildman–Crippen MR) is 113 cm³/mol. The standard InChI is InChI=1S/C20H19BrN2O5S/c1-20(2,3)22-19(25)28-17-9-5-8-16-18(17)13(12-24)11-23(16)29(26,27)15-7-4-6-14(21)10-15/h4-12H,1-3H3,(H,22,25). The van der Waals surface area contributed by atoms with Crippen LogP contribution in [0, 0.1) is 0 Å². The zero-order chi connectivity index (χ0) is 21.4. The van der Waals surface area contributed by atoms with Gasteiger partial charge in [0, 0.05) is 21.8 Å². The van der Waals surface area contributed by atoms with Gasteiger partial charge in [-0.1, -0.05) is 28.1 Å². The van der Waals surface area contributed by atoms with E-state index in [2.05, 4.69) is 21.2 Å². The molecule has 0 unspecified atom stereocenters. The van der Waals surface area contributed by atoms with E-state index in [0.717, 1.165) is 3.97 Å². The smallest absolute Gasteiger partial charge is 0.410 e. The number of aromatic nitrogens is 1. The average Bonchev–Trinajstić information content (AvgIpc) is 3.00. The first-order valence-corrected chi connectivity index (χ1v) is 10.9. The number of nitrogens with zero attached hydrogens (tertiary/aromatic N) is 1. The van der Waals surface area contributed by atoms with E-state index in [0.29, 0.717) is 10.8 Å². The quantitative estimate of drug-likeness (QED) is 0.562. The third-order valence-corrected chi connectivity index (χ3v) is 6.11. The van der Waals surface area contributed by atoms with Crippen LogP contribution < -0.4 is 10.1 Å². The van der Waals surface area contributed by atoms with Crippen molar-refractivity contribution in [3.63, 3.8) is 0 Å². The minimum absolute atomic E-state index is 0.0537. The van der Waals surface area contributed by atoms with Gasteiger partial charge in [-0.3, -0.25) is 4.79 Å². The van der Waals surface area contributed by atoms with Crippen molar-refractivity contribution in [1.82, 2.24) is 9.29 Å². The Morgan fingerprint density at radius 2 is 1.86 bits per heavy atom. The predicted octanol–water partition coefficient (Wildman–Crippen LogP) is 4.34. The molecule has 0 aliphatic carbocycles. The number of ether oxygens (including phenoxy) is 1. The zero-order valence-electron chi connectivity index (χ0n) is 16.0. The third kappa shape index (κ3) is 4.35. The number of carbonyl (C=O) groups excluding carboxylic acids is 2. The van der Waals surface area contributed by atoms with E-state index in [4.69, 9.17) is 4.74 Å². The topological polar surface area (TPSA) is 94.5 Å². The molecule has 0 aliphatic heterocycles. The largest absolute Gasteiger partial charge is 0.413 e. The molecule has 9 heteroatoms. The van der Waals surface area contributed by atoms with Crippen molar-refractivity contribution < 1.29 is 22.7 Å². The number of fused-ring (bicyclic) bond motifs is 1. The van der Waals surface area contributed by atoms with Gasteiger partial charge in [0.1, 0.15) is 5.75 Å². The summed E-state index contributed by atoms with van der Waals surface area (Å²) in [7, 11) is -3.98. The molecule has 1 amide bonds. The molecular weight excluding hydrogens is 460 g/mol. The Kier molecular flexibility index (Phi) is 5.55. The first kappa shape index (κ1) is 21.1. The second-order valence-electron chi connectivity index (χ2n) is 7.38. The molecule has 7 nitrogen and oxygen atoms in total. The van der Waals surface area contributed by atoms with Crippen molar-refractivity contribution in [1.29, 1.82) is 0 Å². The molecule has 0 radical (unpaired) electrons. The Balaban J connectivity index is 2.15. The highest BCUT2D eigenvalue weighted by molar-refractivity contribution is 9.10. The van der Waals surface area contributed by atoms with E-state index >= 15 is 0 Å². The normalized spacial score (nSPS) is 12.0. The SMILES string of the molecule is CC(C)(C)NC(=O)Oc1cccc2c1c(C=O)cn2S(=O)(=O)c1cccc(Br)c1. The molecule has 0 atom stereocenters. The molecule has 0 fully saturated rings. The van der Waals surface area contributed by atoms with Gasteiger partial charge in [-0.15, -0.1) is 0 Å². The summed E-state index contributed by atoms with van der Waals surface area (Å²) in [5.74, 6) is 0.0922. The Bertz CT molecular complexity index is 1210. The second kappa shape index (κ2) is 7.64. The average molecular weight is 479 g/mol. The summed E-state index contributed by atoms with van der Waals surface area (Å²) in [4.78, 5) is 23.9. The van der Waals surface area contributed by atoms with Crippen molar-refractivity contribution >= 4 is 49.2 Å². The summed E-state index contributed by atoms with van der Waals surface area (Å²) < 4.78 is 33.3. The molecule has 1 N–H and O–H groups in total. The Morgan fingerprint density at radius 1 is 1.17 bits per heavy atom. The van der Waals surface area contributed by atoms with Crippen LogP contribution in [0.2, 0.25) is 0 Å². The molecule has 29 heavy (non-hydrogen) atoms. The van der Waals surface area contributed by atoms with Gasteiger partial charge in [-0.25, -0.2) is 17.2 Å². The van der Waals surface area contributed by atoms with Crippen LogP contribution in [0.5, 0.6) is 5.75 Å². The van der Waals surface area contributed by atoms with Crippen LogP contribution in [0.4, 0.5) is 4.79 Å². The second-order valence-corrected chi connectivity index (χ2v) is 10.1. The fourth-order valence-corrected chi connectivity index (χ4v) is 4.77. The molecule has 1 aromatic heterocycles. The lowest BCUT2D eigenvalue weighted by molar-refractivity contribution is 0.112. The molecule has 152 valence electrons. The minimum Gasteiger partial charge on any atom is -0.410 e. The molecule has 0 spiro atoms. The van der Waals surface area contributed by atoms with E-state index in [1.54, 1.807) is 45.0 Å². The number of hydrogen-bond acceptors (Lipinski definition) is 5. The van der Waals surface area contributed by atoms with Crippen molar-refractivity contribution in [2.75, 3.05) is 0 Å². The maximum absolute atomic E-state index is 13.2. The van der Waals surface area contributed by atoms with Crippen LogP contribution in [0.1, 0.15) is 31.1 Å². The van der Waals surface area contributed by atoms with Gasteiger partial charge in [-0.2, -0.15) is 0 Å². The maximum Gasteiger partial charge on any atom is 0.413 e. The summed E-state index contributed by atoms with van der Waals surface area (Å²) in [5.41, 5.74) is -0.195. The molecule has 0 saturated carbocycles. The van der Waals surface area contributed by atoms with Gasteiger partial charge in [0.2, 0.25) is 0 Å². The van der Waals surface area contributed by atoms with Crippen LogP contribution in [0.15, 0.2) is 58.0 Å². The van der Waals surface area contributed by atoms with E-state index < -0.39 is 21.7 Å². The highest BCUT2D eigenvalue weighted by atomic mass is 79.9. The van der Waals surface area contributed by atoms with Gasteiger partial charge in [0.05, 0.1) is 15.8 Å². The number of benzene rings is 2. The zero-order valence-corrected chi connectivity index (χ0v) is 18.4. The Hall–Kier alpha value is -2.65. The van der Waals surface area contributed by atoms with Gasteiger partial charge in [0.25, 0.3) is 10.0 Å². The Morgan fingerprint density at radius 3 is 2.48 bits per heavy atom. The van der Waals surface area contributed by atoms with Gasteiger partial charge in [-0.05, 0) is 51.1 Å². The van der Waals surface area contributed by atoms with Gasteiger partial charge in [0.15, 0.2) is 6.29 Å². The van der Waals surface area contributed by atoms with Gasteiger partial charge >= 0.3 is 6.09 Å². The molecule has 1 heterocycles. The maximum atomic E-state index is 13.2. The van der Waals surface area contributed by atoms with Crippen LogP contribution in [0.3, 0.4) is 0 Å². The third-order valence-electron chi connectivity index (χ3n) is 3.95. The number of aldehydes is 1. The van der Waals surface area contributed by atoms with E-state index in [9.17, 15) is 18.0 Å². The number of amides is 1. The summed E-state index contributed by atoms with van der Waals surface area (Å²) in [6.07, 6.45) is 1.05. The van der Waals surface area contributed by atoms with E-state index in [-0.39, 0.29) is 27.1 Å². The molecule has 0 bridgehead atoms. The first-order chi connectivity index (χ1) is 13.5. The van der Waals surface area contributed by atoms with Crippen LogP contribution in [-0.4, -0.2) is 30.3 Å². The fourth-order valence-electron chi connectivity index (χ4n) is 2.80. The molecule has 2 aromatic carbocycles. The van der Waals surface area contributed by atoms with Crippen LogP contribution in [0.25, 0.3) is 10.9 Å². The number of carbonyl (C=O) groups is 2. The molecule has 3 aromatic rings. The number of nitrogens with one attached hydrogen (secondary N) is 1. The minimum atomic E-state index is -3.98.